The minimum Gasteiger partial charge on any atom is -0.490 e. The average Bonchev–Trinajstić information content (AvgIpc) is 3.27. The lowest BCUT2D eigenvalue weighted by Crippen LogP contribution is -2.27. The fraction of sp³-hybridized carbons (Fsp3) is 0.250. The molecule has 1 atom stereocenters. The third-order valence-corrected chi connectivity index (χ3v) is 4.73. The summed E-state index contributed by atoms with van der Waals surface area (Å²) >= 11 is 0. The first-order valence-electron chi connectivity index (χ1n) is 8.75. The molecule has 0 spiro atoms. The molecule has 0 bridgehead atoms. The van der Waals surface area contributed by atoms with Gasteiger partial charge in [-0.2, -0.15) is 0 Å². The second kappa shape index (κ2) is 6.75. The number of rotatable bonds is 5. The molecule has 1 amide bonds. The molecule has 4 rings (SSSR count). The van der Waals surface area contributed by atoms with Crippen LogP contribution in [0.25, 0.3) is 11.0 Å². The third-order valence-electron chi connectivity index (χ3n) is 4.73. The van der Waals surface area contributed by atoms with Crippen molar-refractivity contribution in [2.75, 3.05) is 11.9 Å². The predicted octanol–water partition coefficient (Wildman–Crippen LogP) is 3.01. The first kappa shape index (κ1) is 17.1. The van der Waals surface area contributed by atoms with Crippen LogP contribution < -0.4 is 9.64 Å². The zero-order chi connectivity index (χ0) is 19.0. The average molecular weight is 365 g/mol. The maximum absolute atomic E-state index is 12.9. The van der Waals surface area contributed by atoms with Crippen molar-refractivity contribution in [2.45, 2.75) is 25.4 Å². The highest BCUT2D eigenvalue weighted by molar-refractivity contribution is 6.05. The molecule has 2 N–H and O–H groups in total. The molecule has 1 aromatic heterocycles. The summed E-state index contributed by atoms with van der Waals surface area (Å²) in [5.41, 5.74) is 3.14. The number of hydrogen-bond acceptors (Lipinski definition) is 4. The molecule has 2 heterocycles. The van der Waals surface area contributed by atoms with Crippen LogP contribution in [-0.2, 0) is 11.2 Å². The first-order valence-corrected chi connectivity index (χ1v) is 8.75. The van der Waals surface area contributed by atoms with E-state index >= 15 is 0 Å². The predicted molar refractivity (Wildman–Crippen MR) is 100 cm³/mol. The molecule has 1 aliphatic rings. The van der Waals surface area contributed by atoms with Crippen molar-refractivity contribution < 1.29 is 19.4 Å². The smallest absolute Gasteiger partial charge is 0.303 e. The molecule has 0 saturated carbocycles. The summed E-state index contributed by atoms with van der Waals surface area (Å²) in [7, 11) is 1.68. The molecule has 0 aliphatic carbocycles. The Bertz CT molecular complexity index is 994. The lowest BCUT2D eigenvalue weighted by molar-refractivity contribution is -0.137. The van der Waals surface area contributed by atoms with Crippen LogP contribution in [-0.4, -0.2) is 40.1 Å². The van der Waals surface area contributed by atoms with E-state index < -0.39 is 5.97 Å². The summed E-state index contributed by atoms with van der Waals surface area (Å²) < 4.78 is 5.77. The summed E-state index contributed by atoms with van der Waals surface area (Å²) in [6.07, 6.45) is 0.971. The molecule has 0 saturated heterocycles. The van der Waals surface area contributed by atoms with Crippen molar-refractivity contribution in [3.05, 3.63) is 53.6 Å². The van der Waals surface area contributed by atoms with E-state index in [1.807, 2.05) is 30.3 Å². The molecule has 27 heavy (non-hydrogen) atoms. The molecule has 7 nitrogen and oxygen atoms in total. The van der Waals surface area contributed by atoms with E-state index in [1.165, 1.54) is 4.90 Å². The van der Waals surface area contributed by atoms with Crippen molar-refractivity contribution >= 4 is 28.9 Å². The van der Waals surface area contributed by atoms with Gasteiger partial charge in [0.1, 0.15) is 11.9 Å². The van der Waals surface area contributed by atoms with Crippen LogP contribution in [0, 0.1) is 0 Å². The van der Waals surface area contributed by atoms with Crippen LogP contribution in [0.15, 0.2) is 42.5 Å². The molecule has 3 aromatic rings. The zero-order valence-electron chi connectivity index (χ0n) is 14.8. The number of anilines is 1. The molecule has 138 valence electrons. The molecule has 1 unspecified atom stereocenters. The van der Waals surface area contributed by atoms with Gasteiger partial charge in [-0.15, -0.1) is 0 Å². The normalized spacial score (nSPS) is 15.4. The summed E-state index contributed by atoms with van der Waals surface area (Å²) in [6, 6.07) is 12.9. The van der Waals surface area contributed by atoms with E-state index in [9.17, 15) is 9.59 Å². The number of carbonyl (C=O) groups is 2. The standard InChI is InChI=1S/C20H19N3O4/c1-23(20-21-15-4-2-3-5-16(15)22-20)19(26)12-6-8-17-13(10-12)11-14(27-17)7-9-18(24)25/h2-6,8,10,14H,7,9,11H2,1H3,(H,21,22)(H,24,25). The number of carbonyl (C=O) groups excluding carboxylic acids is 1. The quantitative estimate of drug-likeness (QED) is 0.725. The van der Waals surface area contributed by atoms with Gasteiger partial charge in [0.15, 0.2) is 0 Å². The molecule has 7 heteroatoms. The van der Waals surface area contributed by atoms with Gasteiger partial charge >= 0.3 is 5.97 Å². The minimum absolute atomic E-state index is 0.0687. The van der Waals surface area contributed by atoms with E-state index in [1.54, 1.807) is 19.2 Å². The summed E-state index contributed by atoms with van der Waals surface area (Å²) in [5, 5.41) is 8.81. The Morgan fingerprint density at radius 3 is 2.89 bits per heavy atom. The van der Waals surface area contributed by atoms with Crippen LogP contribution in [0.4, 0.5) is 5.95 Å². The second-order valence-electron chi connectivity index (χ2n) is 6.64. The lowest BCUT2D eigenvalue weighted by Gasteiger charge is -2.14. The topological polar surface area (TPSA) is 95.5 Å². The fourth-order valence-corrected chi connectivity index (χ4v) is 3.29. The lowest BCUT2D eigenvalue weighted by atomic mass is 10.0. The molecule has 2 aromatic carbocycles. The number of amides is 1. The van der Waals surface area contributed by atoms with Gasteiger partial charge in [0.05, 0.1) is 11.0 Å². The van der Waals surface area contributed by atoms with Gasteiger partial charge in [-0.3, -0.25) is 14.5 Å². The monoisotopic (exact) mass is 365 g/mol. The molecular weight excluding hydrogens is 346 g/mol. The second-order valence-corrected chi connectivity index (χ2v) is 6.64. The van der Waals surface area contributed by atoms with Crippen molar-refractivity contribution in [3.8, 4) is 5.75 Å². The van der Waals surface area contributed by atoms with Gasteiger partial charge in [-0.05, 0) is 42.3 Å². The van der Waals surface area contributed by atoms with Crippen LogP contribution in [0.3, 0.4) is 0 Å². The number of imidazole rings is 1. The van der Waals surface area contributed by atoms with Crippen LogP contribution in [0.2, 0.25) is 0 Å². The SMILES string of the molecule is CN(C(=O)c1ccc2c(c1)CC(CCC(=O)O)O2)c1nc2ccccc2[nH]1. The number of hydrogen-bond donors (Lipinski definition) is 2. The molecule has 1 aliphatic heterocycles. The van der Waals surface area contributed by atoms with Gasteiger partial charge in [0.2, 0.25) is 5.95 Å². The number of carboxylic acid groups (broad SMARTS) is 1. The number of benzene rings is 2. The Balaban J connectivity index is 1.51. The zero-order valence-corrected chi connectivity index (χ0v) is 14.8. The number of H-pyrrole nitrogens is 1. The number of aliphatic carboxylic acids is 1. The highest BCUT2D eigenvalue weighted by Crippen LogP contribution is 2.32. The summed E-state index contributed by atoms with van der Waals surface area (Å²) in [6.45, 7) is 0. The Morgan fingerprint density at radius 1 is 1.30 bits per heavy atom. The maximum atomic E-state index is 12.9. The number of aromatic nitrogens is 2. The van der Waals surface area contributed by atoms with Gasteiger partial charge in [-0.1, -0.05) is 12.1 Å². The molecule has 0 radical (unpaired) electrons. The van der Waals surface area contributed by atoms with Gasteiger partial charge in [-0.25, -0.2) is 4.98 Å². The van der Waals surface area contributed by atoms with Crippen LogP contribution in [0.1, 0.15) is 28.8 Å². The fourth-order valence-electron chi connectivity index (χ4n) is 3.29. The Morgan fingerprint density at radius 2 is 2.11 bits per heavy atom. The summed E-state index contributed by atoms with van der Waals surface area (Å²) in [5.74, 6) is 0.189. The van der Waals surface area contributed by atoms with E-state index in [4.69, 9.17) is 9.84 Å². The van der Waals surface area contributed by atoms with Crippen LogP contribution >= 0.6 is 0 Å². The maximum Gasteiger partial charge on any atom is 0.303 e. The van der Waals surface area contributed by atoms with Crippen molar-refractivity contribution in [1.29, 1.82) is 0 Å². The largest absolute Gasteiger partial charge is 0.490 e. The van der Waals surface area contributed by atoms with Gasteiger partial charge < -0.3 is 14.8 Å². The highest BCUT2D eigenvalue weighted by Gasteiger charge is 2.25. The first-order chi connectivity index (χ1) is 13.0. The van der Waals surface area contributed by atoms with E-state index in [0.717, 1.165) is 16.6 Å². The number of carboxylic acids is 1. The Kier molecular flexibility index (Phi) is 4.27. The molecular formula is C20H19N3O4. The van der Waals surface area contributed by atoms with Crippen molar-refractivity contribution in [2.24, 2.45) is 0 Å². The minimum atomic E-state index is -0.835. The number of fused-ring (bicyclic) bond motifs is 2. The van der Waals surface area contributed by atoms with E-state index in [2.05, 4.69) is 9.97 Å². The summed E-state index contributed by atoms with van der Waals surface area (Å²) in [4.78, 5) is 32.7. The number of para-hydroxylation sites is 2. The third kappa shape index (κ3) is 3.36. The molecule has 0 fully saturated rings. The van der Waals surface area contributed by atoms with Crippen LogP contribution in [0.5, 0.6) is 5.75 Å². The number of nitrogens with one attached hydrogen (secondary N) is 1. The van der Waals surface area contributed by atoms with Gasteiger partial charge in [0, 0.05) is 25.5 Å². The number of aromatic amines is 1. The highest BCUT2D eigenvalue weighted by atomic mass is 16.5. The van der Waals surface area contributed by atoms with Gasteiger partial charge in [0.25, 0.3) is 5.91 Å². The Hall–Kier alpha value is -3.35. The number of ether oxygens (including phenoxy) is 1. The van der Waals surface area contributed by atoms with Crippen molar-refractivity contribution in [3.63, 3.8) is 0 Å². The van der Waals surface area contributed by atoms with Crippen molar-refractivity contribution in [1.82, 2.24) is 9.97 Å². The Labute approximate surface area is 155 Å². The van der Waals surface area contributed by atoms with E-state index in [0.29, 0.717) is 30.1 Å². The van der Waals surface area contributed by atoms with E-state index in [-0.39, 0.29) is 18.4 Å². The number of nitrogens with zero attached hydrogens (tertiary/aromatic N) is 2.